The fourth-order valence-electron chi connectivity index (χ4n) is 2.68. The maximum atomic E-state index is 13.0. The monoisotopic (exact) mass is 314 g/mol. The maximum Gasteiger partial charge on any atom is 0.274 e. The molecule has 2 aromatic carbocycles. The number of nitro benzene ring substituents is 1. The van der Waals surface area contributed by atoms with Crippen LogP contribution < -0.4 is 5.32 Å². The Labute approximate surface area is 132 Å². The van der Waals surface area contributed by atoms with Crippen molar-refractivity contribution in [3.8, 4) is 0 Å². The summed E-state index contributed by atoms with van der Waals surface area (Å²) < 4.78 is 13.0. The molecule has 1 fully saturated rings. The minimum absolute atomic E-state index is 0.0329. The van der Waals surface area contributed by atoms with Gasteiger partial charge >= 0.3 is 0 Å². The zero-order chi connectivity index (χ0) is 16.6. The average Bonchev–Trinajstić information content (AvgIpc) is 3.31. The molecule has 0 aliphatic heterocycles. The fraction of sp³-hybridized carbons (Fsp3) is 0.235. The van der Waals surface area contributed by atoms with Crippen molar-refractivity contribution >= 4 is 17.3 Å². The van der Waals surface area contributed by atoms with E-state index in [-0.39, 0.29) is 17.4 Å². The molecule has 0 heterocycles. The third kappa shape index (κ3) is 2.79. The van der Waals surface area contributed by atoms with E-state index in [0.717, 1.165) is 5.56 Å². The highest BCUT2D eigenvalue weighted by Crippen LogP contribution is 2.49. The van der Waals surface area contributed by atoms with Crippen molar-refractivity contribution in [2.45, 2.75) is 25.2 Å². The zero-order valence-corrected chi connectivity index (χ0v) is 12.5. The molecule has 1 aliphatic carbocycles. The van der Waals surface area contributed by atoms with Crippen molar-refractivity contribution in [1.82, 2.24) is 0 Å². The van der Waals surface area contributed by atoms with Crippen LogP contribution in [-0.2, 0) is 10.2 Å². The van der Waals surface area contributed by atoms with Crippen LogP contribution in [0.2, 0.25) is 0 Å². The predicted octanol–water partition coefficient (Wildman–Crippen LogP) is 3.71. The SMILES string of the molecule is Cc1ccc(NC(=O)C2(c3ccc(F)cc3)CC2)cc1[N+](=O)[O-]. The van der Waals surface area contributed by atoms with Crippen molar-refractivity contribution in [3.63, 3.8) is 0 Å². The number of hydrogen-bond donors (Lipinski definition) is 1. The van der Waals surface area contributed by atoms with Gasteiger partial charge in [0.2, 0.25) is 5.91 Å². The number of carbonyl (C=O) groups is 1. The zero-order valence-electron chi connectivity index (χ0n) is 12.5. The van der Waals surface area contributed by atoms with E-state index in [1.807, 2.05) is 0 Å². The molecule has 1 amide bonds. The van der Waals surface area contributed by atoms with Gasteiger partial charge in [0.05, 0.1) is 10.3 Å². The Bertz CT molecular complexity index is 783. The number of benzene rings is 2. The smallest absolute Gasteiger partial charge is 0.274 e. The van der Waals surface area contributed by atoms with Crippen LogP contribution in [0.3, 0.4) is 0 Å². The molecule has 2 aromatic rings. The Hall–Kier alpha value is -2.76. The van der Waals surface area contributed by atoms with Crippen molar-refractivity contribution < 1.29 is 14.1 Å². The van der Waals surface area contributed by atoms with Gasteiger partial charge in [-0.2, -0.15) is 0 Å². The second-order valence-electron chi connectivity index (χ2n) is 5.80. The third-order valence-corrected chi connectivity index (χ3v) is 4.25. The summed E-state index contributed by atoms with van der Waals surface area (Å²) in [5.41, 5.74) is 0.994. The van der Waals surface area contributed by atoms with Crippen LogP contribution in [0.15, 0.2) is 42.5 Å². The molecule has 0 unspecified atom stereocenters. The van der Waals surface area contributed by atoms with E-state index in [9.17, 15) is 19.3 Å². The second kappa shape index (κ2) is 5.46. The van der Waals surface area contributed by atoms with Gasteiger partial charge in [-0.1, -0.05) is 18.2 Å². The minimum atomic E-state index is -0.659. The molecule has 6 heteroatoms. The van der Waals surface area contributed by atoms with Crippen LogP contribution in [-0.4, -0.2) is 10.8 Å². The molecule has 0 bridgehead atoms. The van der Waals surface area contributed by atoms with Crippen molar-refractivity contribution in [2.24, 2.45) is 0 Å². The normalized spacial score (nSPS) is 15.0. The third-order valence-electron chi connectivity index (χ3n) is 4.25. The van der Waals surface area contributed by atoms with E-state index >= 15 is 0 Å². The van der Waals surface area contributed by atoms with Crippen LogP contribution in [0.25, 0.3) is 0 Å². The van der Waals surface area contributed by atoms with Gasteiger partial charge in [0.1, 0.15) is 5.82 Å². The van der Waals surface area contributed by atoms with Crippen LogP contribution in [0, 0.1) is 22.9 Å². The van der Waals surface area contributed by atoms with Crippen molar-refractivity contribution in [2.75, 3.05) is 5.32 Å². The van der Waals surface area contributed by atoms with Gasteiger partial charge in [0.15, 0.2) is 0 Å². The molecule has 118 valence electrons. The number of anilines is 1. The molecule has 0 radical (unpaired) electrons. The highest BCUT2D eigenvalue weighted by molar-refractivity contribution is 6.01. The average molecular weight is 314 g/mol. The lowest BCUT2D eigenvalue weighted by Gasteiger charge is -2.16. The van der Waals surface area contributed by atoms with Crippen molar-refractivity contribution in [3.05, 3.63) is 69.5 Å². The first-order valence-corrected chi connectivity index (χ1v) is 7.25. The lowest BCUT2D eigenvalue weighted by atomic mass is 9.95. The van der Waals surface area contributed by atoms with Gasteiger partial charge in [0, 0.05) is 17.3 Å². The summed E-state index contributed by atoms with van der Waals surface area (Å²) in [4.78, 5) is 23.1. The quantitative estimate of drug-likeness (QED) is 0.690. The van der Waals surface area contributed by atoms with Gasteiger partial charge < -0.3 is 5.32 Å². The van der Waals surface area contributed by atoms with E-state index in [4.69, 9.17) is 0 Å². The fourth-order valence-corrected chi connectivity index (χ4v) is 2.68. The van der Waals surface area contributed by atoms with E-state index in [0.29, 0.717) is 24.1 Å². The summed E-state index contributed by atoms with van der Waals surface area (Å²) in [6.45, 7) is 1.64. The number of nitro groups is 1. The molecule has 1 N–H and O–H groups in total. The molecule has 23 heavy (non-hydrogen) atoms. The van der Waals surface area contributed by atoms with E-state index < -0.39 is 10.3 Å². The summed E-state index contributed by atoms with van der Waals surface area (Å²) in [6, 6.07) is 10.5. The molecule has 0 saturated heterocycles. The van der Waals surface area contributed by atoms with E-state index in [2.05, 4.69) is 5.32 Å². The van der Waals surface area contributed by atoms with Crippen LogP contribution in [0.1, 0.15) is 24.0 Å². The maximum absolute atomic E-state index is 13.0. The largest absolute Gasteiger partial charge is 0.325 e. The molecule has 0 aromatic heterocycles. The summed E-state index contributed by atoms with van der Waals surface area (Å²) >= 11 is 0. The van der Waals surface area contributed by atoms with Gasteiger partial charge in [-0.05, 0) is 43.5 Å². The first kappa shape index (κ1) is 15.1. The highest BCUT2D eigenvalue weighted by atomic mass is 19.1. The van der Waals surface area contributed by atoms with E-state index in [1.165, 1.54) is 18.2 Å². The van der Waals surface area contributed by atoms with Crippen LogP contribution in [0.4, 0.5) is 15.8 Å². The van der Waals surface area contributed by atoms with Gasteiger partial charge in [-0.25, -0.2) is 4.39 Å². The second-order valence-corrected chi connectivity index (χ2v) is 5.80. The topological polar surface area (TPSA) is 72.2 Å². The van der Waals surface area contributed by atoms with Gasteiger partial charge in [-0.15, -0.1) is 0 Å². The molecule has 5 nitrogen and oxygen atoms in total. The molecule has 1 saturated carbocycles. The lowest BCUT2D eigenvalue weighted by Crippen LogP contribution is -2.27. The summed E-state index contributed by atoms with van der Waals surface area (Å²) in [6.07, 6.45) is 1.36. The van der Waals surface area contributed by atoms with Gasteiger partial charge in [0.25, 0.3) is 5.69 Å². The first-order chi connectivity index (χ1) is 10.9. The molecule has 0 atom stereocenters. The summed E-state index contributed by atoms with van der Waals surface area (Å²) in [7, 11) is 0. The molecule has 3 rings (SSSR count). The van der Waals surface area contributed by atoms with Crippen molar-refractivity contribution in [1.29, 1.82) is 0 Å². The number of nitrogens with zero attached hydrogens (tertiary/aromatic N) is 1. The Morgan fingerprint density at radius 3 is 2.43 bits per heavy atom. The number of aryl methyl sites for hydroxylation is 1. The Balaban J connectivity index is 1.83. The number of hydrogen-bond acceptors (Lipinski definition) is 3. The summed E-state index contributed by atoms with van der Waals surface area (Å²) in [5, 5.41) is 13.7. The molecule has 1 aliphatic rings. The minimum Gasteiger partial charge on any atom is -0.325 e. The number of nitrogens with one attached hydrogen (secondary N) is 1. The van der Waals surface area contributed by atoms with E-state index in [1.54, 1.807) is 31.2 Å². The Morgan fingerprint density at radius 1 is 1.22 bits per heavy atom. The molecular formula is C17H15FN2O3. The Kier molecular flexibility index (Phi) is 3.60. The van der Waals surface area contributed by atoms with Crippen LogP contribution in [0.5, 0.6) is 0 Å². The Morgan fingerprint density at radius 2 is 1.87 bits per heavy atom. The molecule has 0 spiro atoms. The standard InChI is InChI=1S/C17H15FN2O3/c1-11-2-7-14(10-15(11)20(22)23)19-16(21)17(8-9-17)12-3-5-13(18)6-4-12/h2-7,10H,8-9H2,1H3,(H,19,21). The predicted molar refractivity (Wildman–Crippen MR) is 83.8 cm³/mol. The number of amides is 1. The van der Waals surface area contributed by atoms with Gasteiger partial charge in [-0.3, -0.25) is 14.9 Å². The molecular weight excluding hydrogens is 299 g/mol. The highest BCUT2D eigenvalue weighted by Gasteiger charge is 2.51. The number of carbonyl (C=O) groups excluding carboxylic acids is 1. The van der Waals surface area contributed by atoms with Crippen LogP contribution >= 0.6 is 0 Å². The lowest BCUT2D eigenvalue weighted by molar-refractivity contribution is -0.385. The first-order valence-electron chi connectivity index (χ1n) is 7.25. The number of rotatable bonds is 4. The summed E-state index contributed by atoms with van der Waals surface area (Å²) in [5.74, 6) is -0.568. The number of halogens is 1.